The number of benzene rings is 1. The zero-order valence-corrected chi connectivity index (χ0v) is 8.49. The molecular formula is C12H12O3. The molecule has 2 rings (SSSR count). The molecule has 0 amide bonds. The third-order valence-corrected chi connectivity index (χ3v) is 2.33. The number of hydrogen-bond donors (Lipinski definition) is 1. The lowest BCUT2D eigenvalue weighted by Crippen LogP contribution is -1.92. The van der Waals surface area contributed by atoms with Gasteiger partial charge in [0.1, 0.15) is 11.5 Å². The fourth-order valence-electron chi connectivity index (χ4n) is 1.59. The minimum atomic E-state index is -0.386. The van der Waals surface area contributed by atoms with Crippen molar-refractivity contribution in [3.8, 4) is 5.75 Å². The van der Waals surface area contributed by atoms with Crippen molar-refractivity contribution in [3.63, 3.8) is 0 Å². The van der Waals surface area contributed by atoms with Gasteiger partial charge in [-0.05, 0) is 24.6 Å². The van der Waals surface area contributed by atoms with Gasteiger partial charge in [-0.1, -0.05) is 19.4 Å². The highest BCUT2D eigenvalue weighted by Crippen LogP contribution is 2.36. The van der Waals surface area contributed by atoms with Gasteiger partial charge in [-0.25, -0.2) is 4.79 Å². The zero-order valence-electron chi connectivity index (χ0n) is 8.49. The minimum absolute atomic E-state index is 0.0979. The number of aromatic hydroxyl groups is 1. The van der Waals surface area contributed by atoms with E-state index in [0.29, 0.717) is 16.9 Å². The predicted octanol–water partition coefficient (Wildman–Crippen LogP) is 2.70. The summed E-state index contributed by atoms with van der Waals surface area (Å²) in [5.41, 5.74) is 0.966. The van der Waals surface area contributed by atoms with E-state index < -0.39 is 0 Å². The number of hydrogen-bond acceptors (Lipinski definition) is 3. The van der Waals surface area contributed by atoms with Crippen LogP contribution in [0.25, 0.3) is 5.76 Å². The van der Waals surface area contributed by atoms with Crippen molar-refractivity contribution in [1.29, 1.82) is 0 Å². The fourth-order valence-corrected chi connectivity index (χ4v) is 1.59. The molecule has 1 heterocycles. The van der Waals surface area contributed by atoms with Crippen LogP contribution in [-0.2, 0) is 4.74 Å². The van der Waals surface area contributed by atoms with Crippen LogP contribution >= 0.6 is 0 Å². The van der Waals surface area contributed by atoms with Gasteiger partial charge in [-0.15, -0.1) is 0 Å². The van der Waals surface area contributed by atoms with Crippen LogP contribution in [0.5, 0.6) is 5.75 Å². The average molecular weight is 204 g/mol. The van der Waals surface area contributed by atoms with Crippen LogP contribution in [0.1, 0.15) is 35.7 Å². The van der Waals surface area contributed by atoms with Crippen LogP contribution in [0.4, 0.5) is 0 Å². The van der Waals surface area contributed by atoms with E-state index in [9.17, 15) is 9.90 Å². The lowest BCUT2D eigenvalue weighted by atomic mass is 10.1. The molecule has 1 aromatic rings. The second kappa shape index (κ2) is 3.77. The Kier molecular flexibility index (Phi) is 2.46. The smallest absolute Gasteiger partial charge is 0.344 e. The van der Waals surface area contributed by atoms with Gasteiger partial charge in [0.2, 0.25) is 0 Å². The number of ether oxygens (including phenoxy) is 1. The largest absolute Gasteiger partial charge is 0.507 e. The zero-order chi connectivity index (χ0) is 10.8. The monoisotopic (exact) mass is 204 g/mol. The van der Waals surface area contributed by atoms with Crippen molar-refractivity contribution in [2.45, 2.75) is 19.8 Å². The molecule has 1 aliphatic rings. The Balaban J connectivity index is 2.49. The number of unbranched alkanes of at least 4 members (excludes halogenated alkanes) is 1. The molecule has 0 unspecified atom stereocenters. The lowest BCUT2D eigenvalue weighted by molar-refractivity contribution is 0.0715. The van der Waals surface area contributed by atoms with E-state index in [1.54, 1.807) is 18.2 Å². The molecule has 0 fully saturated rings. The number of phenols is 1. The normalized spacial score (nSPS) is 16.6. The molecule has 0 aliphatic carbocycles. The van der Waals surface area contributed by atoms with E-state index >= 15 is 0 Å². The molecule has 0 atom stereocenters. The molecule has 15 heavy (non-hydrogen) atoms. The van der Waals surface area contributed by atoms with Gasteiger partial charge in [0.25, 0.3) is 0 Å². The SMILES string of the molecule is CCC/C=C1/OC(=O)c2cccc(O)c21. The summed E-state index contributed by atoms with van der Waals surface area (Å²) in [4.78, 5) is 11.4. The molecule has 0 saturated heterocycles. The second-order valence-electron chi connectivity index (χ2n) is 3.45. The first-order chi connectivity index (χ1) is 7.24. The number of allylic oxidation sites excluding steroid dienone is 1. The Bertz CT molecular complexity index is 432. The molecule has 0 radical (unpaired) electrons. The molecular weight excluding hydrogens is 192 g/mol. The van der Waals surface area contributed by atoms with Crippen LogP contribution in [0.2, 0.25) is 0 Å². The van der Waals surface area contributed by atoms with E-state index in [2.05, 4.69) is 0 Å². The topological polar surface area (TPSA) is 46.5 Å². The molecule has 3 nitrogen and oxygen atoms in total. The van der Waals surface area contributed by atoms with Crippen molar-refractivity contribution in [1.82, 2.24) is 0 Å². The first-order valence-electron chi connectivity index (χ1n) is 4.98. The maximum absolute atomic E-state index is 11.4. The van der Waals surface area contributed by atoms with Crippen LogP contribution in [0, 0.1) is 0 Å². The molecule has 3 heteroatoms. The fraction of sp³-hybridized carbons (Fsp3) is 0.250. The average Bonchev–Trinajstić information content (AvgIpc) is 2.55. The molecule has 0 saturated carbocycles. The van der Waals surface area contributed by atoms with E-state index in [0.717, 1.165) is 12.8 Å². The summed E-state index contributed by atoms with van der Waals surface area (Å²) in [6.07, 6.45) is 3.64. The van der Waals surface area contributed by atoms with Crippen LogP contribution < -0.4 is 0 Å². The summed E-state index contributed by atoms with van der Waals surface area (Å²) in [5, 5.41) is 9.65. The molecule has 1 aliphatic heterocycles. The van der Waals surface area contributed by atoms with Crippen molar-refractivity contribution in [3.05, 3.63) is 35.4 Å². The third kappa shape index (κ3) is 1.61. The van der Waals surface area contributed by atoms with Gasteiger partial charge >= 0.3 is 5.97 Å². The summed E-state index contributed by atoms with van der Waals surface area (Å²) >= 11 is 0. The van der Waals surface area contributed by atoms with E-state index in [1.807, 2.05) is 13.0 Å². The maximum atomic E-state index is 11.4. The third-order valence-electron chi connectivity index (χ3n) is 2.33. The molecule has 0 bridgehead atoms. The predicted molar refractivity (Wildman–Crippen MR) is 56.4 cm³/mol. The Morgan fingerprint density at radius 1 is 1.47 bits per heavy atom. The highest BCUT2D eigenvalue weighted by Gasteiger charge is 2.28. The van der Waals surface area contributed by atoms with Crippen molar-refractivity contribution < 1.29 is 14.6 Å². The van der Waals surface area contributed by atoms with Crippen LogP contribution in [0.15, 0.2) is 24.3 Å². The number of carbonyl (C=O) groups excluding carboxylic acids is 1. The number of phenolic OH excluding ortho intramolecular Hbond substituents is 1. The highest BCUT2D eigenvalue weighted by atomic mass is 16.5. The summed E-state index contributed by atoms with van der Waals surface area (Å²) < 4.78 is 5.08. The van der Waals surface area contributed by atoms with Crippen molar-refractivity contribution in [2.75, 3.05) is 0 Å². The van der Waals surface area contributed by atoms with Gasteiger partial charge in [0.15, 0.2) is 0 Å². The molecule has 78 valence electrons. The van der Waals surface area contributed by atoms with Crippen molar-refractivity contribution in [2.24, 2.45) is 0 Å². The summed E-state index contributed by atoms with van der Waals surface area (Å²) in [6, 6.07) is 4.85. The number of rotatable bonds is 2. The number of carbonyl (C=O) groups is 1. The maximum Gasteiger partial charge on any atom is 0.344 e. The Labute approximate surface area is 88.0 Å². The van der Waals surface area contributed by atoms with Gasteiger partial charge in [0, 0.05) is 0 Å². The summed E-state index contributed by atoms with van der Waals surface area (Å²) in [7, 11) is 0. The van der Waals surface area contributed by atoms with Gasteiger partial charge < -0.3 is 9.84 Å². The van der Waals surface area contributed by atoms with Gasteiger partial charge in [-0.3, -0.25) is 0 Å². The molecule has 1 aromatic carbocycles. The molecule has 0 aromatic heterocycles. The lowest BCUT2D eigenvalue weighted by Gasteiger charge is -2.00. The number of cyclic esters (lactones) is 1. The van der Waals surface area contributed by atoms with E-state index in [1.165, 1.54) is 0 Å². The van der Waals surface area contributed by atoms with Gasteiger partial charge in [-0.2, -0.15) is 0 Å². The first-order valence-corrected chi connectivity index (χ1v) is 4.98. The van der Waals surface area contributed by atoms with Gasteiger partial charge in [0.05, 0.1) is 11.1 Å². The minimum Gasteiger partial charge on any atom is -0.507 e. The van der Waals surface area contributed by atoms with Crippen LogP contribution in [-0.4, -0.2) is 11.1 Å². The standard InChI is InChI=1S/C12H12O3/c1-2-3-7-10-11-8(12(14)15-10)5-4-6-9(11)13/h4-7,13H,2-3H2,1H3/b10-7+. The molecule has 0 spiro atoms. The quantitative estimate of drug-likeness (QED) is 0.753. The summed E-state index contributed by atoms with van der Waals surface area (Å²) in [5.74, 6) is 0.193. The number of fused-ring (bicyclic) bond motifs is 1. The summed E-state index contributed by atoms with van der Waals surface area (Å²) in [6.45, 7) is 2.04. The van der Waals surface area contributed by atoms with Crippen LogP contribution in [0.3, 0.4) is 0 Å². The first kappa shape index (κ1) is 9.77. The van der Waals surface area contributed by atoms with E-state index in [-0.39, 0.29) is 11.7 Å². The van der Waals surface area contributed by atoms with Crippen molar-refractivity contribution >= 4 is 11.7 Å². The second-order valence-corrected chi connectivity index (χ2v) is 3.45. The Morgan fingerprint density at radius 2 is 2.27 bits per heavy atom. The highest BCUT2D eigenvalue weighted by molar-refractivity contribution is 6.04. The Hall–Kier alpha value is -1.77. The van der Waals surface area contributed by atoms with E-state index in [4.69, 9.17) is 4.74 Å². The Morgan fingerprint density at radius 3 is 3.00 bits per heavy atom. The number of esters is 1. The molecule has 1 N–H and O–H groups in total.